The van der Waals surface area contributed by atoms with Gasteiger partial charge in [0.1, 0.15) is 34.9 Å². The van der Waals surface area contributed by atoms with Crippen molar-refractivity contribution in [1.29, 1.82) is 0 Å². The Morgan fingerprint density at radius 3 is 2.67 bits per heavy atom. The molecule has 9 heteroatoms. The SMILES string of the molecule is CCC(Nc1c(Nc2c(F)cc(OC)c3c2C(O)NC3)c(=O)c1=O)c1ccc(C)o1. The Balaban J connectivity index is 1.70. The molecule has 158 valence electrons. The molecule has 0 spiro atoms. The minimum atomic E-state index is -1.13. The van der Waals surface area contributed by atoms with Crippen LogP contribution in [0.3, 0.4) is 0 Å². The van der Waals surface area contributed by atoms with Gasteiger partial charge in [-0.25, -0.2) is 4.39 Å². The smallest absolute Gasteiger partial charge is 0.253 e. The largest absolute Gasteiger partial charge is 0.496 e. The number of aliphatic hydroxyl groups excluding tert-OH is 1. The summed E-state index contributed by atoms with van der Waals surface area (Å²) in [4.78, 5) is 24.5. The van der Waals surface area contributed by atoms with Crippen molar-refractivity contribution in [2.45, 2.75) is 39.1 Å². The molecule has 0 aliphatic carbocycles. The van der Waals surface area contributed by atoms with Crippen molar-refractivity contribution < 1.29 is 18.7 Å². The topological polar surface area (TPSA) is 113 Å². The highest BCUT2D eigenvalue weighted by molar-refractivity contribution is 5.81. The second-order valence-corrected chi connectivity index (χ2v) is 7.20. The summed E-state index contributed by atoms with van der Waals surface area (Å²) < 4.78 is 25.6. The quantitative estimate of drug-likeness (QED) is 0.436. The maximum Gasteiger partial charge on any atom is 0.253 e. The molecule has 2 atom stereocenters. The van der Waals surface area contributed by atoms with Gasteiger partial charge in [0.15, 0.2) is 5.82 Å². The van der Waals surface area contributed by atoms with E-state index < -0.39 is 22.9 Å². The molecule has 0 fully saturated rings. The van der Waals surface area contributed by atoms with Crippen molar-refractivity contribution in [1.82, 2.24) is 5.32 Å². The average molecular weight is 415 g/mol. The van der Waals surface area contributed by atoms with Crippen molar-refractivity contribution in [3.05, 3.63) is 67.1 Å². The van der Waals surface area contributed by atoms with Gasteiger partial charge in [0, 0.05) is 23.7 Å². The molecule has 0 saturated carbocycles. The first-order chi connectivity index (χ1) is 14.3. The Bertz CT molecular complexity index is 1180. The Morgan fingerprint density at radius 1 is 1.30 bits per heavy atom. The lowest BCUT2D eigenvalue weighted by Crippen LogP contribution is -2.37. The maximum absolute atomic E-state index is 14.8. The number of anilines is 3. The standard InChI is InChI=1S/C21H22FN3O5/c1-4-12(13-6-5-9(2)30-13)24-17-18(20(27)19(17)26)25-16-11(22)7-14(29-3)10-8-23-21(28)15(10)16/h5-7,12,21,23-25,28H,4,8H2,1-3H3. The molecule has 2 unspecified atom stereocenters. The van der Waals surface area contributed by atoms with E-state index in [1.807, 2.05) is 19.9 Å². The molecule has 1 aliphatic heterocycles. The lowest BCUT2D eigenvalue weighted by Gasteiger charge is -2.22. The van der Waals surface area contributed by atoms with Crippen LogP contribution in [0.4, 0.5) is 21.5 Å². The van der Waals surface area contributed by atoms with E-state index in [0.717, 1.165) is 5.76 Å². The minimum absolute atomic E-state index is 0.0490. The average Bonchev–Trinajstić information content (AvgIpc) is 3.34. The second kappa shape index (κ2) is 7.58. The molecule has 4 N–H and O–H groups in total. The fourth-order valence-electron chi connectivity index (χ4n) is 3.74. The number of furan rings is 1. The molecular weight excluding hydrogens is 393 g/mol. The van der Waals surface area contributed by atoms with Gasteiger partial charge in [0.25, 0.3) is 10.9 Å². The van der Waals surface area contributed by atoms with Gasteiger partial charge in [-0.15, -0.1) is 0 Å². The number of fused-ring (bicyclic) bond motifs is 1. The molecule has 0 radical (unpaired) electrons. The van der Waals surface area contributed by atoms with Gasteiger partial charge in [-0.1, -0.05) is 6.92 Å². The van der Waals surface area contributed by atoms with Gasteiger partial charge in [0.2, 0.25) is 0 Å². The van der Waals surface area contributed by atoms with E-state index in [2.05, 4.69) is 16.0 Å². The van der Waals surface area contributed by atoms with Crippen LogP contribution in [0.2, 0.25) is 0 Å². The van der Waals surface area contributed by atoms with E-state index in [9.17, 15) is 19.1 Å². The highest BCUT2D eigenvalue weighted by Crippen LogP contribution is 2.40. The van der Waals surface area contributed by atoms with Crippen molar-refractivity contribution in [2.24, 2.45) is 0 Å². The number of hydrogen-bond acceptors (Lipinski definition) is 8. The van der Waals surface area contributed by atoms with Gasteiger partial charge in [-0.2, -0.15) is 0 Å². The van der Waals surface area contributed by atoms with E-state index in [0.29, 0.717) is 23.5 Å². The molecule has 0 saturated heterocycles. The summed E-state index contributed by atoms with van der Waals surface area (Å²) >= 11 is 0. The molecule has 3 aromatic rings. The van der Waals surface area contributed by atoms with Crippen LogP contribution < -0.4 is 31.5 Å². The molecule has 0 amide bonds. The molecule has 2 aromatic carbocycles. The number of aryl methyl sites for hydroxylation is 1. The summed E-state index contributed by atoms with van der Waals surface area (Å²) in [7, 11) is 1.41. The molecule has 1 aromatic heterocycles. The van der Waals surface area contributed by atoms with Crippen LogP contribution in [0.25, 0.3) is 0 Å². The zero-order valence-corrected chi connectivity index (χ0v) is 16.8. The zero-order chi connectivity index (χ0) is 21.6. The zero-order valence-electron chi connectivity index (χ0n) is 16.8. The first kappa shape index (κ1) is 20.1. The number of methoxy groups -OCH3 is 1. The van der Waals surface area contributed by atoms with Crippen LogP contribution in [0, 0.1) is 12.7 Å². The number of benzene rings is 1. The van der Waals surface area contributed by atoms with Gasteiger partial charge in [-0.3, -0.25) is 14.9 Å². The summed E-state index contributed by atoms with van der Waals surface area (Å²) in [5, 5.41) is 18.8. The summed E-state index contributed by atoms with van der Waals surface area (Å²) in [6.07, 6.45) is -0.537. The predicted molar refractivity (Wildman–Crippen MR) is 109 cm³/mol. The lowest BCUT2D eigenvalue weighted by atomic mass is 10.0. The highest BCUT2D eigenvalue weighted by atomic mass is 19.1. The fraction of sp³-hybridized carbons (Fsp3) is 0.333. The summed E-state index contributed by atoms with van der Waals surface area (Å²) in [6, 6.07) is 4.46. The van der Waals surface area contributed by atoms with E-state index in [1.165, 1.54) is 13.2 Å². The Labute approximate surface area is 171 Å². The normalized spacial score (nSPS) is 16.5. The van der Waals surface area contributed by atoms with Gasteiger partial charge in [-0.05, 0) is 25.5 Å². The summed E-state index contributed by atoms with van der Waals surface area (Å²) in [5.74, 6) is 0.941. The van der Waals surface area contributed by atoms with Gasteiger partial charge >= 0.3 is 0 Å². The Hall–Kier alpha value is -3.17. The first-order valence-electron chi connectivity index (χ1n) is 9.59. The number of rotatable bonds is 7. The van der Waals surface area contributed by atoms with E-state index in [1.54, 1.807) is 6.07 Å². The van der Waals surface area contributed by atoms with E-state index in [4.69, 9.17) is 9.15 Å². The number of halogens is 1. The number of hydrogen-bond donors (Lipinski definition) is 4. The van der Waals surface area contributed by atoms with Gasteiger partial charge in [0.05, 0.1) is 18.8 Å². The van der Waals surface area contributed by atoms with Crippen molar-refractivity contribution in [3.8, 4) is 5.75 Å². The molecule has 1 aliphatic rings. The van der Waals surface area contributed by atoms with Crippen molar-refractivity contribution in [2.75, 3.05) is 17.7 Å². The molecule has 8 nitrogen and oxygen atoms in total. The van der Waals surface area contributed by atoms with Crippen LogP contribution in [0.1, 0.15) is 48.3 Å². The molecular formula is C21H22FN3O5. The van der Waals surface area contributed by atoms with Gasteiger partial charge < -0.3 is 24.9 Å². The maximum atomic E-state index is 14.8. The first-order valence-corrected chi connectivity index (χ1v) is 9.59. The number of aliphatic hydroxyl groups is 1. The van der Waals surface area contributed by atoms with E-state index >= 15 is 0 Å². The van der Waals surface area contributed by atoms with Crippen LogP contribution in [0.15, 0.2) is 32.2 Å². The van der Waals surface area contributed by atoms with E-state index in [-0.39, 0.29) is 35.2 Å². The molecule has 30 heavy (non-hydrogen) atoms. The number of ether oxygens (including phenoxy) is 1. The second-order valence-electron chi connectivity index (χ2n) is 7.20. The molecule has 4 rings (SSSR count). The summed E-state index contributed by atoms with van der Waals surface area (Å²) in [5.41, 5.74) is -0.673. The third-order valence-corrected chi connectivity index (χ3v) is 5.35. The molecule has 0 bridgehead atoms. The van der Waals surface area contributed by atoms with Crippen LogP contribution >= 0.6 is 0 Å². The molecule has 2 heterocycles. The Morgan fingerprint density at radius 2 is 2.03 bits per heavy atom. The lowest BCUT2D eigenvalue weighted by molar-refractivity contribution is 0.152. The summed E-state index contributed by atoms with van der Waals surface area (Å²) in [6.45, 7) is 4.00. The van der Waals surface area contributed by atoms with Crippen LogP contribution in [-0.2, 0) is 6.54 Å². The highest BCUT2D eigenvalue weighted by Gasteiger charge is 2.32. The minimum Gasteiger partial charge on any atom is -0.496 e. The number of nitrogens with one attached hydrogen (secondary N) is 3. The fourth-order valence-corrected chi connectivity index (χ4v) is 3.74. The monoisotopic (exact) mass is 415 g/mol. The van der Waals surface area contributed by atoms with Crippen LogP contribution in [-0.4, -0.2) is 12.2 Å². The Kier molecular flexibility index (Phi) is 5.08. The third-order valence-electron chi connectivity index (χ3n) is 5.35. The predicted octanol–water partition coefficient (Wildman–Crippen LogP) is 2.73. The van der Waals surface area contributed by atoms with Crippen molar-refractivity contribution in [3.63, 3.8) is 0 Å². The van der Waals surface area contributed by atoms with Crippen LogP contribution in [0.5, 0.6) is 5.75 Å². The van der Waals surface area contributed by atoms with Crippen molar-refractivity contribution >= 4 is 17.1 Å². The third kappa shape index (κ3) is 3.16.